The van der Waals surface area contributed by atoms with Crippen LogP contribution in [0.15, 0.2) is 97.1 Å². The number of aromatic nitrogens is 1. The molecule has 4 rings (SSSR count). The zero-order valence-corrected chi connectivity index (χ0v) is 17.8. The van der Waals surface area contributed by atoms with Crippen molar-refractivity contribution in [2.75, 3.05) is 17.2 Å². The molecule has 1 amide bonds. The van der Waals surface area contributed by atoms with Crippen LogP contribution in [-0.4, -0.2) is 17.4 Å². The predicted molar refractivity (Wildman–Crippen MR) is 134 cm³/mol. The number of carbonyl (C=O) groups excluding carboxylic acids is 1. The third-order valence-electron chi connectivity index (χ3n) is 4.98. The van der Waals surface area contributed by atoms with Gasteiger partial charge < -0.3 is 16.0 Å². The molecule has 1 aromatic heterocycles. The summed E-state index contributed by atoms with van der Waals surface area (Å²) >= 11 is 0. The second kappa shape index (κ2) is 10.2. The minimum Gasteiger partial charge on any atom is -0.377 e. The maximum atomic E-state index is 12.2. The first-order chi connectivity index (χ1) is 15.7. The van der Waals surface area contributed by atoms with E-state index in [1.807, 2.05) is 66.7 Å². The first-order valence-corrected chi connectivity index (χ1v) is 10.5. The Hall–Kier alpha value is -4.26. The lowest BCUT2D eigenvalue weighted by Gasteiger charge is -2.21. The molecule has 0 bridgehead atoms. The Labute approximate surface area is 192 Å². The molecule has 1 aliphatic rings. The van der Waals surface area contributed by atoms with Gasteiger partial charge in [-0.05, 0) is 42.8 Å². The molecule has 168 valence electrons. The summed E-state index contributed by atoms with van der Waals surface area (Å²) < 4.78 is 0. The smallest absolute Gasteiger partial charge is 0.244 e. The number of rotatable bonds is 8. The lowest BCUT2D eigenvalue weighted by atomic mass is 10.1. The highest BCUT2D eigenvalue weighted by Gasteiger charge is 2.11. The second-order valence-electron chi connectivity index (χ2n) is 7.42. The van der Waals surface area contributed by atoms with Crippen molar-refractivity contribution in [3.8, 4) is 0 Å². The number of anilines is 2. The predicted octanol–water partition coefficient (Wildman–Crippen LogP) is 4.51. The van der Waals surface area contributed by atoms with Crippen LogP contribution >= 0.6 is 0 Å². The summed E-state index contributed by atoms with van der Waals surface area (Å²) in [6.07, 6.45) is 7.32. The van der Waals surface area contributed by atoms with Crippen LogP contribution in [0.25, 0.3) is 5.70 Å². The van der Waals surface area contributed by atoms with Crippen LogP contribution in [-0.2, 0) is 4.79 Å². The molecule has 2 heterocycles. The topological polar surface area (TPSA) is 90.1 Å². The quantitative estimate of drug-likeness (QED) is 0.360. The number of carbonyl (C=O) groups is 1. The molecular formula is C25H32N6O. The molecule has 7 nitrogen and oxygen atoms in total. The third kappa shape index (κ3) is 5.66. The van der Waals surface area contributed by atoms with Gasteiger partial charge in [0.2, 0.25) is 5.91 Å². The average Bonchev–Trinajstić information content (AvgIpc) is 2.84. The van der Waals surface area contributed by atoms with Gasteiger partial charge in [0, 0.05) is 34.0 Å². The monoisotopic (exact) mass is 432 g/mol. The van der Waals surface area contributed by atoms with E-state index in [1.165, 1.54) is 5.56 Å². The maximum absolute atomic E-state index is 12.2. The van der Waals surface area contributed by atoms with E-state index in [0.717, 1.165) is 22.6 Å². The van der Waals surface area contributed by atoms with E-state index >= 15 is 0 Å². The molecule has 3 aromatic rings. The number of para-hydroxylation sites is 1. The number of benzene rings is 2. The molecular weight excluding hydrogens is 400 g/mol. The molecule has 0 saturated heterocycles. The van der Waals surface area contributed by atoms with E-state index < -0.39 is 0 Å². The van der Waals surface area contributed by atoms with Crippen LogP contribution in [0.5, 0.6) is 0 Å². The van der Waals surface area contributed by atoms with Crippen LogP contribution in [0.1, 0.15) is 28.4 Å². The molecule has 0 unspecified atom stereocenters. The van der Waals surface area contributed by atoms with Crippen molar-refractivity contribution < 1.29 is 9.07 Å². The van der Waals surface area contributed by atoms with Crippen LogP contribution in [0, 0.1) is 0 Å². The van der Waals surface area contributed by atoms with Crippen molar-refractivity contribution in [2.45, 2.75) is 13.0 Å². The van der Waals surface area contributed by atoms with E-state index in [-0.39, 0.29) is 22.8 Å². The number of pyridine rings is 1. The molecule has 0 radical (unpaired) electrons. The molecule has 5 N–H and O–H groups in total. The minimum atomic E-state index is -0.144. The van der Waals surface area contributed by atoms with Crippen LogP contribution in [0.3, 0.4) is 0 Å². The zero-order chi connectivity index (χ0) is 22.2. The van der Waals surface area contributed by atoms with Crippen molar-refractivity contribution in [1.29, 1.82) is 0 Å². The van der Waals surface area contributed by atoms with Gasteiger partial charge in [-0.25, -0.2) is 0 Å². The van der Waals surface area contributed by atoms with Crippen molar-refractivity contribution >= 4 is 23.0 Å². The number of hydrogen-bond donors (Lipinski definition) is 5. The summed E-state index contributed by atoms with van der Waals surface area (Å²) in [5, 5.41) is 9.40. The van der Waals surface area contributed by atoms with Gasteiger partial charge >= 0.3 is 0 Å². The lowest BCUT2D eigenvalue weighted by Crippen LogP contribution is -2.42. The Morgan fingerprint density at radius 2 is 1.72 bits per heavy atom. The molecule has 0 spiro atoms. The number of amides is 1. The number of nitrogens with zero attached hydrogens (tertiary/aromatic N) is 1. The molecule has 0 saturated carbocycles. The van der Waals surface area contributed by atoms with Gasteiger partial charge in [-0.3, -0.25) is 20.6 Å². The van der Waals surface area contributed by atoms with Gasteiger partial charge in [-0.2, -0.15) is 0 Å². The lowest BCUT2D eigenvalue weighted by molar-refractivity contribution is -0.118. The van der Waals surface area contributed by atoms with Crippen molar-refractivity contribution in [3.63, 3.8) is 0 Å². The Morgan fingerprint density at radius 3 is 2.44 bits per heavy atom. The van der Waals surface area contributed by atoms with Crippen molar-refractivity contribution in [2.24, 2.45) is 0 Å². The average molecular weight is 433 g/mol. The summed E-state index contributed by atoms with van der Waals surface area (Å²) in [5.74, 6) is 0.433. The van der Waals surface area contributed by atoms with Crippen molar-refractivity contribution in [1.82, 2.24) is 21.2 Å². The highest BCUT2D eigenvalue weighted by atomic mass is 16.2. The fraction of sp³-hybridized carbons (Fsp3) is 0.120. The number of hydrazine groups is 1. The highest BCUT2D eigenvalue weighted by Crippen LogP contribution is 2.21. The van der Waals surface area contributed by atoms with Crippen LogP contribution in [0.4, 0.5) is 11.4 Å². The second-order valence-corrected chi connectivity index (χ2v) is 7.42. The fourth-order valence-corrected chi connectivity index (χ4v) is 3.30. The largest absolute Gasteiger partial charge is 0.377 e. The molecule has 1 aliphatic heterocycles. The van der Waals surface area contributed by atoms with Gasteiger partial charge in [0.15, 0.2) is 0 Å². The number of nitrogens with one attached hydrogen (secondary N) is 5. The first-order valence-electron chi connectivity index (χ1n) is 10.5. The van der Waals surface area contributed by atoms with Gasteiger partial charge in [-0.1, -0.05) is 48.5 Å². The summed E-state index contributed by atoms with van der Waals surface area (Å²) in [5.41, 5.74) is 11.0. The summed E-state index contributed by atoms with van der Waals surface area (Å²) in [4.78, 5) is 16.5. The summed E-state index contributed by atoms with van der Waals surface area (Å²) in [6.45, 7) is 2.29. The molecule has 2 aromatic carbocycles. The van der Waals surface area contributed by atoms with Crippen LogP contribution in [0.2, 0.25) is 0 Å². The Morgan fingerprint density at radius 1 is 0.969 bits per heavy atom. The van der Waals surface area contributed by atoms with E-state index in [9.17, 15) is 4.79 Å². The van der Waals surface area contributed by atoms with Gasteiger partial charge in [0.05, 0.1) is 17.9 Å². The summed E-state index contributed by atoms with van der Waals surface area (Å²) in [6, 6.07) is 22.1. The molecule has 1 atom stereocenters. The normalized spacial score (nSPS) is 13.5. The molecule has 7 heteroatoms. The number of allylic oxidation sites excluding steroid dienone is 2. The summed E-state index contributed by atoms with van der Waals surface area (Å²) in [7, 11) is 0. The van der Waals surface area contributed by atoms with Gasteiger partial charge in [-0.15, -0.1) is 0 Å². The fourth-order valence-electron chi connectivity index (χ4n) is 3.30. The maximum Gasteiger partial charge on any atom is 0.244 e. The van der Waals surface area contributed by atoms with Crippen LogP contribution < -0.4 is 26.8 Å². The third-order valence-corrected chi connectivity index (χ3v) is 4.98. The van der Waals surface area contributed by atoms with E-state index in [2.05, 4.69) is 50.8 Å². The highest BCUT2D eigenvalue weighted by molar-refractivity contribution is 5.82. The standard InChI is InChI=1S/C25H26N6O.3H2/c1-18(19-8-4-2-5-9-19)28-22-14-20(15-26-16-22)23-12-13-24(31-30-23)29-25(32)17-27-21-10-6-3-7-11-21;;;/h2-16,18,27-28,30-31H,17H2,1H3,(H,29,32);3*1H/t18-;;;/m0.../s1. The zero-order valence-electron chi connectivity index (χ0n) is 17.8. The minimum absolute atomic E-state index is 0. The van der Waals surface area contributed by atoms with Crippen molar-refractivity contribution in [3.05, 3.63) is 108 Å². The SMILES string of the molecule is C[C@H](Nc1cncc(C2=CC=C(NC(=O)CNc3ccccc3)NN2)c1)c1ccccc1.[HH].[HH].[HH]. The molecule has 32 heavy (non-hydrogen) atoms. The van der Waals surface area contributed by atoms with E-state index in [1.54, 1.807) is 12.4 Å². The van der Waals surface area contributed by atoms with E-state index in [4.69, 9.17) is 0 Å². The van der Waals surface area contributed by atoms with Gasteiger partial charge in [0.25, 0.3) is 0 Å². The number of hydrogen-bond acceptors (Lipinski definition) is 6. The molecule has 0 aliphatic carbocycles. The Balaban J connectivity index is 0.00000204. The first kappa shape index (κ1) is 21.0. The Kier molecular flexibility index (Phi) is 6.67. The van der Waals surface area contributed by atoms with Gasteiger partial charge in [0.1, 0.15) is 5.82 Å². The molecule has 0 fully saturated rings. The van der Waals surface area contributed by atoms with E-state index in [0.29, 0.717) is 5.82 Å². The Bertz CT molecular complexity index is 1130.